The summed E-state index contributed by atoms with van der Waals surface area (Å²) >= 11 is 0. The van der Waals surface area contributed by atoms with Gasteiger partial charge in [-0.15, -0.1) is 10.2 Å². The van der Waals surface area contributed by atoms with E-state index in [1.807, 2.05) is 0 Å². The van der Waals surface area contributed by atoms with Crippen molar-refractivity contribution in [1.29, 1.82) is 0 Å². The molecular formula is C2H6ClNaO5. The second-order valence-corrected chi connectivity index (χ2v) is 1.45. The van der Waals surface area contributed by atoms with Gasteiger partial charge in [0.05, 0.1) is 0 Å². The van der Waals surface area contributed by atoms with Crippen molar-refractivity contribution in [2.45, 2.75) is 6.92 Å². The fourth-order valence-corrected chi connectivity index (χ4v) is 0. The average molecular weight is 169 g/mol. The fraction of sp³-hybridized carbons (Fsp3) is 1.00. The Morgan fingerprint density at radius 1 is 1.22 bits per heavy atom. The van der Waals surface area contributed by atoms with Crippen molar-refractivity contribution in [3.8, 4) is 0 Å². The van der Waals surface area contributed by atoms with Crippen molar-refractivity contribution >= 4 is 0 Å². The molecule has 52 valence electrons. The summed E-state index contributed by atoms with van der Waals surface area (Å²) in [7, 11) is -4.94. The first-order chi connectivity index (χ1) is 3.41. The zero-order chi connectivity index (χ0) is 7.21. The van der Waals surface area contributed by atoms with Gasteiger partial charge in [0.1, 0.15) is 0 Å². The topological polar surface area (TPSA) is 112 Å². The van der Waals surface area contributed by atoms with Gasteiger partial charge in [0.2, 0.25) is 0 Å². The molecule has 1 N–H and O–H groups in total. The van der Waals surface area contributed by atoms with Crippen molar-refractivity contribution in [2.24, 2.45) is 0 Å². The molecule has 0 aliphatic rings. The standard InChI is InChI=1S/C2H6O.ClHO4.Na/c1-2-3;2-1(3,4)5;/h3H,2H2,1H3;(H,2,3,4,5);/q;;+1/p-1. The maximum Gasteiger partial charge on any atom is 1.00 e. The van der Waals surface area contributed by atoms with E-state index in [2.05, 4.69) is 0 Å². The molecule has 0 spiro atoms. The van der Waals surface area contributed by atoms with E-state index < -0.39 is 10.2 Å². The Bertz CT molecular complexity index is 38.7. The number of halogens is 1. The Hall–Kier alpha value is 1.09. The van der Waals surface area contributed by atoms with Crippen LogP contribution in [0.1, 0.15) is 6.92 Å². The summed E-state index contributed by atoms with van der Waals surface area (Å²) in [6, 6.07) is 0. The summed E-state index contributed by atoms with van der Waals surface area (Å²) < 4.78 is 34.0. The van der Waals surface area contributed by atoms with Crippen LogP contribution < -0.4 is 48.2 Å². The molecule has 0 rings (SSSR count). The molecule has 5 nitrogen and oxygen atoms in total. The predicted molar refractivity (Wildman–Crippen MR) is 12.8 cm³/mol. The molecule has 0 atom stereocenters. The zero-order valence-corrected chi connectivity index (χ0v) is 7.92. The van der Waals surface area contributed by atoms with Crippen LogP contribution in [0.2, 0.25) is 0 Å². The minimum absolute atomic E-state index is 0. The Balaban J connectivity index is -0.0000000800. The van der Waals surface area contributed by atoms with Crippen LogP contribution in [0, 0.1) is 10.2 Å². The van der Waals surface area contributed by atoms with Crippen LogP contribution in [-0.2, 0) is 0 Å². The molecule has 7 heteroatoms. The van der Waals surface area contributed by atoms with Crippen LogP contribution in [0.15, 0.2) is 0 Å². The third kappa shape index (κ3) is 385. The largest absolute Gasteiger partial charge is 1.00 e. The normalized spacial score (nSPS) is 8.67. The molecule has 0 heterocycles. The van der Waals surface area contributed by atoms with Crippen LogP contribution in [0.4, 0.5) is 0 Å². The second kappa shape index (κ2) is 9.09. The SMILES string of the molecule is CCO.[Na+].[O-][Cl+3]([O-])([O-])[O-]. The van der Waals surface area contributed by atoms with E-state index in [-0.39, 0.29) is 36.2 Å². The number of hydrogen-bond donors (Lipinski definition) is 1. The molecule has 0 fully saturated rings. The van der Waals surface area contributed by atoms with Gasteiger partial charge < -0.3 is 5.11 Å². The maximum atomic E-state index is 8.49. The van der Waals surface area contributed by atoms with E-state index in [9.17, 15) is 0 Å². The number of aliphatic hydroxyl groups excluding tert-OH is 1. The quantitative estimate of drug-likeness (QED) is 0.361. The molecule has 0 saturated heterocycles. The van der Waals surface area contributed by atoms with E-state index in [0.29, 0.717) is 0 Å². The molecule has 0 aromatic heterocycles. The Labute approximate surface area is 77.0 Å². The second-order valence-electron chi connectivity index (χ2n) is 0.694. The molecule has 9 heavy (non-hydrogen) atoms. The van der Waals surface area contributed by atoms with Gasteiger partial charge in [0.15, 0.2) is 0 Å². The van der Waals surface area contributed by atoms with Gasteiger partial charge in [-0.2, -0.15) is 0 Å². The molecule has 0 saturated carbocycles. The van der Waals surface area contributed by atoms with Gasteiger partial charge >= 0.3 is 29.6 Å². The molecule has 0 unspecified atom stereocenters. The number of rotatable bonds is 0. The Kier molecular flexibility index (Phi) is 16.8. The van der Waals surface area contributed by atoms with Crippen molar-refractivity contribution in [1.82, 2.24) is 0 Å². The molecule has 0 aromatic rings. The predicted octanol–water partition coefficient (Wildman–Crippen LogP) is -7.75. The molecule has 0 radical (unpaired) electrons. The minimum Gasteiger partial charge on any atom is -0.397 e. The van der Waals surface area contributed by atoms with Crippen molar-refractivity contribution in [3.05, 3.63) is 0 Å². The van der Waals surface area contributed by atoms with Gasteiger partial charge in [-0.05, 0) is 6.92 Å². The van der Waals surface area contributed by atoms with Crippen LogP contribution >= 0.6 is 0 Å². The summed E-state index contributed by atoms with van der Waals surface area (Å²) in [5, 5.41) is 7.57. The smallest absolute Gasteiger partial charge is 0.397 e. The first kappa shape index (κ1) is 16.6. The van der Waals surface area contributed by atoms with Gasteiger partial charge in [-0.1, -0.05) is 0 Å². The summed E-state index contributed by atoms with van der Waals surface area (Å²) in [4.78, 5) is 0. The molecule has 0 aliphatic heterocycles. The van der Waals surface area contributed by atoms with Crippen molar-refractivity contribution in [2.75, 3.05) is 6.61 Å². The van der Waals surface area contributed by atoms with Crippen LogP contribution in [-0.4, -0.2) is 11.7 Å². The summed E-state index contributed by atoms with van der Waals surface area (Å²) in [5.74, 6) is 0. The first-order valence-electron chi connectivity index (χ1n) is 1.64. The third-order valence-corrected chi connectivity index (χ3v) is 0. The molecule has 0 bridgehead atoms. The first-order valence-corrected chi connectivity index (χ1v) is 2.87. The Morgan fingerprint density at radius 2 is 1.22 bits per heavy atom. The van der Waals surface area contributed by atoms with Crippen molar-refractivity contribution in [3.63, 3.8) is 0 Å². The summed E-state index contributed by atoms with van der Waals surface area (Å²) in [5.41, 5.74) is 0. The molecule has 0 aliphatic carbocycles. The van der Waals surface area contributed by atoms with E-state index in [1.54, 1.807) is 6.92 Å². The van der Waals surface area contributed by atoms with Gasteiger partial charge in [-0.3, -0.25) is 0 Å². The van der Waals surface area contributed by atoms with E-state index in [1.165, 1.54) is 0 Å². The number of hydrogen-bond acceptors (Lipinski definition) is 5. The average Bonchev–Trinajstić information content (AvgIpc) is 1.27. The molecule has 0 aromatic carbocycles. The Morgan fingerprint density at radius 3 is 1.22 bits per heavy atom. The summed E-state index contributed by atoms with van der Waals surface area (Å²) in [6.45, 7) is 1.93. The fourth-order valence-electron chi connectivity index (χ4n) is 0. The van der Waals surface area contributed by atoms with Gasteiger partial charge in [-0.25, -0.2) is 18.6 Å². The number of aliphatic hydroxyl groups is 1. The van der Waals surface area contributed by atoms with Crippen molar-refractivity contribution < 1.29 is 63.5 Å². The molecular weight excluding hydrogens is 162 g/mol. The minimum atomic E-state index is -4.94. The van der Waals surface area contributed by atoms with Gasteiger partial charge in [0.25, 0.3) is 0 Å². The van der Waals surface area contributed by atoms with E-state index in [4.69, 9.17) is 23.7 Å². The van der Waals surface area contributed by atoms with Crippen LogP contribution in [0.5, 0.6) is 0 Å². The van der Waals surface area contributed by atoms with Crippen LogP contribution in [0.3, 0.4) is 0 Å². The molecule has 0 amide bonds. The monoisotopic (exact) mass is 168 g/mol. The third-order valence-electron chi connectivity index (χ3n) is 0. The van der Waals surface area contributed by atoms with E-state index in [0.717, 1.165) is 0 Å². The summed E-state index contributed by atoms with van der Waals surface area (Å²) in [6.07, 6.45) is 0. The maximum absolute atomic E-state index is 8.49. The zero-order valence-electron chi connectivity index (χ0n) is 5.17. The van der Waals surface area contributed by atoms with E-state index >= 15 is 0 Å². The van der Waals surface area contributed by atoms with Crippen LogP contribution in [0.25, 0.3) is 0 Å². The van der Waals surface area contributed by atoms with Gasteiger partial charge in [0, 0.05) is 6.61 Å².